The van der Waals surface area contributed by atoms with E-state index in [2.05, 4.69) is 34.2 Å². The molecule has 0 spiro atoms. The van der Waals surface area contributed by atoms with E-state index in [-0.39, 0.29) is 5.41 Å². The summed E-state index contributed by atoms with van der Waals surface area (Å²) in [6.07, 6.45) is 2.12. The van der Waals surface area contributed by atoms with Crippen LogP contribution in [0.4, 0.5) is 0 Å². The van der Waals surface area contributed by atoms with Crippen molar-refractivity contribution in [1.82, 2.24) is 15.1 Å². The highest BCUT2D eigenvalue weighted by molar-refractivity contribution is 5.95. The fourth-order valence-corrected chi connectivity index (χ4v) is 4.16. The van der Waals surface area contributed by atoms with Crippen LogP contribution in [0.3, 0.4) is 0 Å². The van der Waals surface area contributed by atoms with Crippen molar-refractivity contribution in [2.24, 2.45) is 0 Å². The van der Waals surface area contributed by atoms with Gasteiger partial charge in [0.05, 0.1) is 11.0 Å². The zero-order valence-electron chi connectivity index (χ0n) is 16.8. The van der Waals surface area contributed by atoms with Gasteiger partial charge in [-0.3, -0.25) is 4.90 Å². The number of carboxylic acid groups (broad SMARTS) is 1. The van der Waals surface area contributed by atoms with E-state index >= 15 is 0 Å². The number of benzene rings is 2. The Morgan fingerprint density at radius 1 is 1.17 bits per heavy atom. The highest BCUT2D eigenvalue weighted by atomic mass is 16.4. The zero-order valence-corrected chi connectivity index (χ0v) is 16.8. The second kappa shape index (κ2) is 7.79. The number of carbonyl (C=O) groups is 1. The third kappa shape index (κ3) is 4.07. The summed E-state index contributed by atoms with van der Waals surface area (Å²) >= 11 is 0. The molecule has 0 radical (unpaired) electrons. The molecule has 3 aromatic rings. The quantitative estimate of drug-likeness (QED) is 0.699. The van der Waals surface area contributed by atoms with Gasteiger partial charge in [-0.05, 0) is 49.1 Å². The Labute approximate surface area is 170 Å². The van der Waals surface area contributed by atoms with Crippen LogP contribution in [0, 0.1) is 6.92 Å². The summed E-state index contributed by atoms with van der Waals surface area (Å²) in [5.41, 5.74) is 3.05. The van der Waals surface area contributed by atoms with E-state index in [0.29, 0.717) is 11.5 Å². The summed E-state index contributed by atoms with van der Waals surface area (Å²) in [6, 6.07) is 15.3. The molecule has 2 aromatic carbocycles. The SMILES string of the molecule is Cc1nnc(C2(C)CCCN(Cc3ccc(-c4ccccc4C(=O)O)cc3)C2)o1. The smallest absolute Gasteiger partial charge is 0.336 e. The second-order valence-corrected chi connectivity index (χ2v) is 8.05. The number of carboxylic acids is 1. The number of rotatable bonds is 5. The van der Waals surface area contributed by atoms with Crippen LogP contribution in [-0.2, 0) is 12.0 Å². The van der Waals surface area contributed by atoms with Gasteiger partial charge < -0.3 is 9.52 Å². The molecule has 1 saturated heterocycles. The van der Waals surface area contributed by atoms with Crippen molar-refractivity contribution in [3.05, 3.63) is 71.4 Å². The topological polar surface area (TPSA) is 79.5 Å². The van der Waals surface area contributed by atoms with E-state index in [0.717, 1.165) is 49.5 Å². The molecule has 1 aromatic heterocycles. The summed E-state index contributed by atoms with van der Waals surface area (Å²) in [5, 5.41) is 17.7. The predicted molar refractivity (Wildman–Crippen MR) is 110 cm³/mol. The zero-order chi connectivity index (χ0) is 20.4. The van der Waals surface area contributed by atoms with Crippen molar-refractivity contribution in [1.29, 1.82) is 0 Å². The lowest BCUT2D eigenvalue weighted by molar-refractivity contribution is 0.0697. The fourth-order valence-electron chi connectivity index (χ4n) is 4.16. The molecule has 1 fully saturated rings. The molecular weight excluding hydrogens is 366 g/mol. The number of aromatic carboxylic acids is 1. The minimum atomic E-state index is -0.909. The van der Waals surface area contributed by atoms with Crippen molar-refractivity contribution in [3.8, 4) is 11.1 Å². The molecule has 0 amide bonds. The average Bonchev–Trinajstić information content (AvgIpc) is 3.16. The molecule has 1 atom stereocenters. The van der Waals surface area contributed by atoms with Crippen LogP contribution in [-0.4, -0.2) is 39.3 Å². The van der Waals surface area contributed by atoms with E-state index < -0.39 is 5.97 Å². The third-order valence-electron chi connectivity index (χ3n) is 5.65. The van der Waals surface area contributed by atoms with Gasteiger partial charge in [0.25, 0.3) is 0 Å². The monoisotopic (exact) mass is 391 g/mol. The van der Waals surface area contributed by atoms with Crippen LogP contribution in [0.1, 0.15) is 47.5 Å². The molecule has 0 saturated carbocycles. The Morgan fingerprint density at radius 2 is 1.93 bits per heavy atom. The van der Waals surface area contributed by atoms with Gasteiger partial charge in [0.2, 0.25) is 11.8 Å². The van der Waals surface area contributed by atoms with E-state index in [4.69, 9.17) is 4.42 Å². The minimum Gasteiger partial charge on any atom is -0.478 e. The van der Waals surface area contributed by atoms with Gasteiger partial charge in [-0.15, -0.1) is 10.2 Å². The lowest BCUT2D eigenvalue weighted by Gasteiger charge is -2.38. The van der Waals surface area contributed by atoms with Gasteiger partial charge in [0, 0.05) is 20.0 Å². The Balaban J connectivity index is 1.49. The summed E-state index contributed by atoms with van der Waals surface area (Å²) in [5.74, 6) is 0.421. The van der Waals surface area contributed by atoms with E-state index in [1.54, 1.807) is 12.1 Å². The Morgan fingerprint density at radius 3 is 2.62 bits per heavy atom. The van der Waals surface area contributed by atoms with E-state index in [1.807, 2.05) is 31.2 Å². The van der Waals surface area contributed by atoms with Crippen molar-refractivity contribution in [2.45, 2.75) is 38.6 Å². The van der Waals surface area contributed by atoms with Gasteiger partial charge in [-0.2, -0.15) is 0 Å². The average molecular weight is 391 g/mol. The van der Waals surface area contributed by atoms with Crippen LogP contribution >= 0.6 is 0 Å². The molecule has 6 heteroatoms. The molecule has 1 unspecified atom stereocenters. The van der Waals surface area contributed by atoms with E-state index in [1.165, 1.54) is 5.56 Å². The lowest BCUT2D eigenvalue weighted by Crippen LogP contribution is -2.44. The Bertz CT molecular complexity index is 1010. The van der Waals surface area contributed by atoms with Crippen molar-refractivity contribution >= 4 is 5.97 Å². The molecular formula is C23H25N3O3. The van der Waals surface area contributed by atoms with E-state index in [9.17, 15) is 9.90 Å². The summed E-state index contributed by atoms with van der Waals surface area (Å²) in [7, 11) is 0. The first-order chi connectivity index (χ1) is 13.9. The van der Waals surface area contributed by atoms with Crippen LogP contribution < -0.4 is 0 Å². The first kappa shape index (κ1) is 19.3. The second-order valence-electron chi connectivity index (χ2n) is 8.05. The lowest BCUT2D eigenvalue weighted by atomic mass is 9.81. The minimum absolute atomic E-state index is 0.125. The highest BCUT2D eigenvalue weighted by Gasteiger charge is 2.37. The van der Waals surface area contributed by atoms with Crippen LogP contribution in [0.2, 0.25) is 0 Å². The molecule has 150 valence electrons. The fraction of sp³-hybridized carbons (Fsp3) is 0.348. The summed E-state index contributed by atoms with van der Waals surface area (Å²) < 4.78 is 5.72. The highest BCUT2D eigenvalue weighted by Crippen LogP contribution is 2.33. The number of hydrogen-bond acceptors (Lipinski definition) is 5. The van der Waals surface area contributed by atoms with Gasteiger partial charge >= 0.3 is 5.97 Å². The molecule has 1 aliphatic rings. The molecule has 1 N–H and O–H groups in total. The van der Waals surface area contributed by atoms with Crippen molar-refractivity contribution < 1.29 is 14.3 Å². The number of likely N-dealkylation sites (tertiary alicyclic amines) is 1. The normalized spacial score (nSPS) is 19.9. The molecule has 4 rings (SSSR count). The van der Waals surface area contributed by atoms with Gasteiger partial charge in [0.1, 0.15) is 0 Å². The first-order valence-corrected chi connectivity index (χ1v) is 9.89. The van der Waals surface area contributed by atoms with Crippen molar-refractivity contribution in [2.75, 3.05) is 13.1 Å². The van der Waals surface area contributed by atoms with Gasteiger partial charge in [0.15, 0.2) is 0 Å². The summed E-state index contributed by atoms with van der Waals surface area (Å²) in [4.78, 5) is 13.9. The van der Waals surface area contributed by atoms with Crippen molar-refractivity contribution in [3.63, 3.8) is 0 Å². The number of aromatic nitrogens is 2. The number of aryl methyl sites for hydroxylation is 1. The van der Waals surface area contributed by atoms with Gasteiger partial charge in [-0.1, -0.05) is 42.5 Å². The first-order valence-electron chi connectivity index (χ1n) is 9.89. The maximum atomic E-state index is 11.5. The molecule has 0 bridgehead atoms. The van der Waals surface area contributed by atoms with Gasteiger partial charge in [-0.25, -0.2) is 4.79 Å². The maximum absolute atomic E-state index is 11.5. The Hall–Kier alpha value is -2.99. The molecule has 2 heterocycles. The van der Waals surface area contributed by atoms with Crippen LogP contribution in [0.5, 0.6) is 0 Å². The standard InChI is InChI=1S/C23H25N3O3/c1-16-24-25-22(29-16)23(2)12-5-13-26(15-23)14-17-8-10-18(11-9-17)19-6-3-4-7-20(19)21(27)28/h3-4,6-11H,5,12-15H2,1-2H3,(H,27,28). The van der Waals surface area contributed by atoms with Crippen LogP contribution in [0.15, 0.2) is 52.9 Å². The Kier molecular flexibility index (Phi) is 5.20. The predicted octanol–water partition coefficient (Wildman–Crippen LogP) is 4.30. The summed E-state index contributed by atoms with van der Waals surface area (Å²) in [6.45, 7) is 6.76. The number of piperidine rings is 1. The number of nitrogens with zero attached hydrogens (tertiary/aromatic N) is 3. The molecule has 29 heavy (non-hydrogen) atoms. The van der Waals surface area contributed by atoms with Crippen LogP contribution in [0.25, 0.3) is 11.1 Å². The number of hydrogen-bond donors (Lipinski definition) is 1. The molecule has 6 nitrogen and oxygen atoms in total. The molecule has 1 aliphatic heterocycles. The third-order valence-corrected chi connectivity index (χ3v) is 5.65. The maximum Gasteiger partial charge on any atom is 0.336 e. The largest absolute Gasteiger partial charge is 0.478 e. The molecule has 0 aliphatic carbocycles.